The van der Waals surface area contributed by atoms with Gasteiger partial charge < -0.3 is 9.72 Å². The number of rotatable bonds is 8. The van der Waals surface area contributed by atoms with Crippen LogP contribution in [0.25, 0.3) is 10.9 Å². The Hall–Kier alpha value is -3.36. The van der Waals surface area contributed by atoms with Gasteiger partial charge in [0.2, 0.25) is 0 Å². The Morgan fingerprint density at radius 3 is 2.85 bits per heavy atom. The van der Waals surface area contributed by atoms with Crippen LogP contribution in [0.3, 0.4) is 0 Å². The molecule has 0 aliphatic carbocycles. The van der Waals surface area contributed by atoms with Crippen LogP contribution in [0.5, 0.6) is 0 Å². The van der Waals surface area contributed by atoms with Gasteiger partial charge in [0, 0.05) is 30.8 Å². The number of H-pyrrole nitrogens is 1. The topological polar surface area (TPSA) is 88.9 Å². The van der Waals surface area contributed by atoms with Crippen molar-refractivity contribution in [2.45, 2.75) is 45.5 Å². The lowest BCUT2D eigenvalue weighted by molar-refractivity contribution is 0.0663. The van der Waals surface area contributed by atoms with Gasteiger partial charge in [0.05, 0.1) is 19.2 Å². The molecule has 5 rings (SSSR count). The zero-order valence-electron chi connectivity index (χ0n) is 18.8. The van der Waals surface area contributed by atoms with E-state index in [2.05, 4.69) is 50.5 Å². The second kappa shape index (κ2) is 9.64. The van der Waals surface area contributed by atoms with Crippen LogP contribution >= 0.6 is 0 Å². The average Bonchev–Trinajstić information content (AvgIpc) is 3.48. The monoisotopic (exact) mass is 444 g/mol. The van der Waals surface area contributed by atoms with Crippen molar-refractivity contribution in [1.82, 2.24) is 30.1 Å². The molecule has 2 aromatic carbocycles. The molecule has 8 nitrogen and oxygen atoms in total. The van der Waals surface area contributed by atoms with Crippen molar-refractivity contribution in [2.24, 2.45) is 0 Å². The molecule has 0 unspecified atom stereocenters. The molecule has 2 aromatic heterocycles. The Kier molecular flexibility index (Phi) is 6.28. The van der Waals surface area contributed by atoms with Crippen LogP contribution in [0.2, 0.25) is 0 Å². The number of hydrogen-bond acceptors (Lipinski definition) is 6. The van der Waals surface area contributed by atoms with Gasteiger partial charge in [-0.3, -0.25) is 9.69 Å². The molecule has 1 saturated heterocycles. The summed E-state index contributed by atoms with van der Waals surface area (Å²) in [5, 5.41) is 13.4. The van der Waals surface area contributed by atoms with Gasteiger partial charge in [-0.25, -0.2) is 4.68 Å². The van der Waals surface area contributed by atoms with E-state index in [4.69, 9.17) is 4.74 Å². The van der Waals surface area contributed by atoms with Crippen molar-refractivity contribution in [3.8, 4) is 0 Å². The molecule has 0 saturated carbocycles. The highest BCUT2D eigenvalue weighted by molar-refractivity contribution is 5.79. The number of ether oxygens (including phenoxy) is 1. The molecule has 1 N–H and O–H groups in total. The summed E-state index contributed by atoms with van der Waals surface area (Å²) >= 11 is 0. The van der Waals surface area contributed by atoms with Gasteiger partial charge in [0.15, 0.2) is 5.82 Å². The number of aromatic amines is 1. The van der Waals surface area contributed by atoms with Crippen LogP contribution in [0.15, 0.2) is 59.4 Å². The fraction of sp³-hybridized carbons (Fsp3) is 0.360. The van der Waals surface area contributed by atoms with Crippen LogP contribution in [0, 0.1) is 6.92 Å². The standard InChI is InChI=1S/C25H28N6O2/c1-18-9-10-23-20(12-18)13-21(25(32)26-23)15-30(16-22-8-5-11-33-22)17-24-27-28-29-31(24)14-19-6-3-2-4-7-19/h2-4,6-7,9-10,12-13,22H,5,8,11,14-17H2,1H3,(H,26,32)/t22-/m0/s1. The normalized spacial score (nSPS) is 16.1. The smallest absolute Gasteiger partial charge is 0.252 e. The number of tetrazole rings is 1. The quantitative estimate of drug-likeness (QED) is 0.449. The van der Waals surface area contributed by atoms with E-state index in [1.165, 1.54) is 0 Å². The maximum Gasteiger partial charge on any atom is 0.252 e. The number of aromatic nitrogens is 5. The van der Waals surface area contributed by atoms with Crippen LogP contribution < -0.4 is 5.56 Å². The second-order valence-electron chi connectivity index (χ2n) is 8.76. The van der Waals surface area contributed by atoms with E-state index in [1.54, 1.807) is 0 Å². The summed E-state index contributed by atoms with van der Waals surface area (Å²) in [7, 11) is 0. The highest BCUT2D eigenvalue weighted by Gasteiger charge is 2.22. The molecule has 1 aliphatic heterocycles. The van der Waals surface area contributed by atoms with E-state index in [-0.39, 0.29) is 11.7 Å². The maximum atomic E-state index is 12.8. The molecule has 1 atom stereocenters. The number of hydrogen-bond donors (Lipinski definition) is 1. The molecule has 170 valence electrons. The number of pyridine rings is 1. The maximum absolute atomic E-state index is 12.8. The molecule has 4 aromatic rings. The van der Waals surface area contributed by atoms with E-state index >= 15 is 0 Å². The molecule has 1 fully saturated rings. The third-order valence-corrected chi connectivity index (χ3v) is 6.10. The van der Waals surface area contributed by atoms with Crippen molar-refractivity contribution in [3.05, 3.63) is 87.5 Å². The van der Waals surface area contributed by atoms with Crippen molar-refractivity contribution < 1.29 is 4.74 Å². The highest BCUT2D eigenvalue weighted by Crippen LogP contribution is 2.18. The molecule has 0 radical (unpaired) electrons. The summed E-state index contributed by atoms with van der Waals surface area (Å²) in [5.74, 6) is 0.768. The zero-order chi connectivity index (χ0) is 22.6. The van der Waals surface area contributed by atoms with Gasteiger partial charge in [0.25, 0.3) is 5.56 Å². The molecule has 0 spiro atoms. The fourth-order valence-corrected chi connectivity index (χ4v) is 4.41. The summed E-state index contributed by atoms with van der Waals surface area (Å²) in [4.78, 5) is 18.1. The number of benzene rings is 2. The molecular weight excluding hydrogens is 416 g/mol. The first-order valence-corrected chi connectivity index (χ1v) is 11.4. The number of nitrogens with one attached hydrogen (secondary N) is 1. The number of aryl methyl sites for hydroxylation is 1. The van der Waals surface area contributed by atoms with Crippen LogP contribution in [-0.4, -0.2) is 49.3 Å². The van der Waals surface area contributed by atoms with Crippen molar-refractivity contribution >= 4 is 10.9 Å². The lowest BCUT2D eigenvalue weighted by atomic mass is 10.1. The Morgan fingerprint density at radius 2 is 2.03 bits per heavy atom. The molecule has 8 heteroatoms. The Morgan fingerprint density at radius 1 is 1.15 bits per heavy atom. The predicted molar refractivity (Wildman–Crippen MR) is 126 cm³/mol. The first-order valence-electron chi connectivity index (χ1n) is 11.4. The Balaban J connectivity index is 1.40. The predicted octanol–water partition coefficient (Wildman–Crippen LogP) is 3.05. The SMILES string of the molecule is Cc1ccc2[nH]c(=O)c(CN(Cc3nnnn3Cc3ccccc3)C[C@@H]3CCCO3)cc2c1. The third kappa shape index (κ3) is 5.18. The largest absolute Gasteiger partial charge is 0.377 e. The second-order valence-corrected chi connectivity index (χ2v) is 8.76. The minimum atomic E-state index is -0.0624. The first-order chi connectivity index (χ1) is 16.1. The van der Waals surface area contributed by atoms with Gasteiger partial charge in [-0.2, -0.15) is 0 Å². The van der Waals surface area contributed by atoms with Gasteiger partial charge in [-0.15, -0.1) is 5.10 Å². The lowest BCUT2D eigenvalue weighted by Crippen LogP contribution is -2.34. The summed E-state index contributed by atoms with van der Waals surface area (Å²) < 4.78 is 7.72. The van der Waals surface area contributed by atoms with Crippen molar-refractivity contribution in [3.63, 3.8) is 0 Å². The van der Waals surface area contributed by atoms with Crippen LogP contribution in [0.4, 0.5) is 0 Å². The minimum absolute atomic E-state index is 0.0624. The van der Waals surface area contributed by atoms with Crippen LogP contribution in [0.1, 0.15) is 35.4 Å². The molecule has 1 aliphatic rings. The van der Waals surface area contributed by atoms with Crippen LogP contribution in [-0.2, 0) is 24.4 Å². The van der Waals surface area contributed by atoms with E-state index in [1.807, 2.05) is 41.1 Å². The summed E-state index contributed by atoms with van der Waals surface area (Å²) in [6, 6.07) is 18.2. The van der Waals surface area contributed by atoms with E-state index < -0.39 is 0 Å². The fourth-order valence-electron chi connectivity index (χ4n) is 4.41. The van der Waals surface area contributed by atoms with Gasteiger partial charge in [-0.1, -0.05) is 42.0 Å². The molecule has 33 heavy (non-hydrogen) atoms. The van der Waals surface area contributed by atoms with Gasteiger partial charge >= 0.3 is 0 Å². The molecule has 0 amide bonds. The molecule has 3 heterocycles. The Labute approximate surface area is 192 Å². The van der Waals surface area contributed by atoms with E-state index in [0.29, 0.717) is 19.6 Å². The molecule has 0 bridgehead atoms. The highest BCUT2D eigenvalue weighted by atomic mass is 16.5. The summed E-state index contributed by atoms with van der Waals surface area (Å²) in [6.07, 6.45) is 2.25. The minimum Gasteiger partial charge on any atom is -0.377 e. The first kappa shape index (κ1) is 21.5. The lowest BCUT2D eigenvalue weighted by Gasteiger charge is -2.24. The van der Waals surface area contributed by atoms with Gasteiger partial charge in [-0.05, 0) is 59.3 Å². The molecular formula is C25H28N6O2. The zero-order valence-corrected chi connectivity index (χ0v) is 18.8. The van der Waals surface area contributed by atoms with E-state index in [9.17, 15) is 4.79 Å². The summed E-state index contributed by atoms with van der Waals surface area (Å²) in [6.45, 7) is 5.21. The van der Waals surface area contributed by atoms with Crippen molar-refractivity contribution in [1.29, 1.82) is 0 Å². The number of nitrogens with zero attached hydrogens (tertiary/aromatic N) is 5. The number of fused-ring (bicyclic) bond motifs is 1. The summed E-state index contributed by atoms with van der Waals surface area (Å²) in [5.41, 5.74) is 3.82. The third-order valence-electron chi connectivity index (χ3n) is 6.10. The Bertz CT molecular complexity index is 1280. The van der Waals surface area contributed by atoms with E-state index in [0.717, 1.165) is 59.4 Å². The average molecular weight is 445 g/mol. The van der Waals surface area contributed by atoms with Crippen molar-refractivity contribution in [2.75, 3.05) is 13.2 Å². The van der Waals surface area contributed by atoms with Gasteiger partial charge in [0.1, 0.15) is 0 Å².